The van der Waals surface area contributed by atoms with Gasteiger partial charge in [-0.05, 0) is 48.7 Å². The molecule has 0 radical (unpaired) electrons. The van der Waals surface area contributed by atoms with Crippen molar-refractivity contribution in [1.82, 2.24) is 4.98 Å². The maximum absolute atomic E-state index is 13.3. The van der Waals surface area contributed by atoms with Crippen molar-refractivity contribution in [3.63, 3.8) is 0 Å². The fraction of sp³-hybridized carbons (Fsp3) is 0.261. The Morgan fingerprint density at radius 2 is 1.83 bits per heavy atom. The average molecular weight is 425 g/mol. The van der Waals surface area contributed by atoms with E-state index in [0.717, 1.165) is 12.0 Å². The molecule has 0 amide bonds. The van der Waals surface area contributed by atoms with Gasteiger partial charge in [0.15, 0.2) is 11.5 Å². The van der Waals surface area contributed by atoms with E-state index in [1.807, 2.05) is 36.4 Å². The molecule has 1 aliphatic carbocycles. The van der Waals surface area contributed by atoms with Gasteiger partial charge in [-0.1, -0.05) is 30.7 Å². The zero-order chi connectivity index (χ0) is 21.0. The number of nitrogens with zero attached hydrogens (tertiary/aromatic N) is 2. The van der Waals surface area contributed by atoms with Crippen molar-refractivity contribution in [2.75, 3.05) is 11.4 Å². The lowest BCUT2D eigenvalue weighted by Gasteiger charge is -2.33. The molecule has 0 spiro atoms. The van der Waals surface area contributed by atoms with Crippen molar-refractivity contribution in [2.45, 2.75) is 31.1 Å². The lowest BCUT2D eigenvalue weighted by atomic mass is 10.0. The standard InChI is InChI=1S/C23H24N2O4S/c1-28-22-12-2-3-13-23(22)29-20-9-4-8-19(15-20)25(17-18-7-6-14-24-16-18)30(26,27)21-10-5-11-21/h2-4,6-9,12-16,21H,5,10-11,17H2,1H3. The Morgan fingerprint density at radius 1 is 1.03 bits per heavy atom. The molecule has 0 aliphatic heterocycles. The van der Waals surface area contributed by atoms with Crippen LogP contribution in [0.3, 0.4) is 0 Å². The number of anilines is 1. The number of rotatable bonds is 8. The highest BCUT2D eigenvalue weighted by Crippen LogP contribution is 2.36. The number of hydrogen-bond donors (Lipinski definition) is 0. The Morgan fingerprint density at radius 3 is 2.50 bits per heavy atom. The van der Waals surface area contributed by atoms with Crippen molar-refractivity contribution < 1.29 is 17.9 Å². The first kappa shape index (κ1) is 20.2. The summed E-state index contributed by atoms with van der Waals surface area (Å²) in [6.45, 7) is 0.227. The smallest absolute Gasteiger partial charge is 0.238 e. The molecule has 30 heavy (non-hydrogen) atoms. The summed E-state index contributed by atoms with van der Waals surface area (Å²) in [5, 5.41) is -0.340. The van der Waals surface area contributed by atoms with Crippen LogP contribution < -0.4 is 13.8 Å². The van der Waals surface area contributed by atoms with Crippen LogP contribution in [-0.2, 0) is 16.6 Å². The maximum Gasteiger partial charge on any atom is 0.238 e. The molecule has 4 rings (SSSR count). The first-order valence-electron chi connectivity index (χ1n) is 9.89. The van der Waals surface area contributed by atoms with Gasteiger partial charge in [0, 0.05) is 18.5 Å². The molecule has 6 nitrogen and oxygen atoms in total. The summed E-state index contributed by atoms with van der Waals surface area (Å²) >= 11 is 0. The topological polar surface area (TPSA) is 68.7 Å². The predicted molar refractivity (Wildman–Crippen MR) is 116 cm³/mol. The molecule has 156 valence electrons. The highest BCUT2D eigenvalue weighted by Gasteiger charge is 2.36. The molecule has 1 fully saturated rings. The van der Waals surface area contributed by atoms with Crippen molar-refractivity contribution in [1.29, 1.82) is 0 Å². The molecule has 1 heterocycles. The maximum atomic E-state index is 13.3. The van der Waals surface area contributed by atoms with Gasteiger partial charge in [-0.3, -0.25) is 9.29 Å². The number of aromatic nitrogens is 1. The lowest BCUT2D eigenvalue weighted by Crippen LogP contribution is -2.41. The number of ether oxygens (including phenoxy) is 2. The van der Waals surface area contributed by atoms with Crippen LogP contribution in [0.15, 0.2) is 73.1 Å². The van der Waals surface area contributed by atoms with E-state index in [-0.39, 0.29) is 11.8 Å². The van der Waals surface area contributed by atoms with Crippen LogP contribution in [0.5, 0.6) is 17.2 Å². The van der Waals surface area contributed by atoms with Gasteiger partial charge in [-0.2, -0.15) is 0 Å². The minimum Gasteiger partial charge on any atom is -0.493 e. The van der Waals surface area contributed by atoms with E-state index in [1.54, 1.807) is 43.8 Å². The first-order valence-corrected chi connectivity index (χ1v) is 11.4. The lowest BCUT2D eigenvalue weighted by molar-refractivity contribution is 0.379. The summed E-state index contributed by atoms with van der Waals surface area (Å²) in [5.41, 5.74) is 1.40. The molecule has 0 unspecified atom stereocenters. The van der Waals surface area contributed by atoms with Crippen molar-refractivity contribution in [2.24, 2.45) is 0 Å². The number of sulfonamides is 1. The van der Waals surface area contributed by atoms with E-state index in [0.29, 0.717) is 35.8 Å². The second-order valence-electron chi connectivity index (χ2n) is 7.22. The molecular weight excluding hydrogens is 400 g/mol. The predicted octanol–water partition coefficient (Wildman–Crippen LogP) is 4.77. The first-order chi connectivity index (χ1) is 14.6. The summed E-state index contributed by atoms with van der Waals surface area (Å²) in [5.74, 6) is 1.71. The molecule has 0 saturated heterocycles. The van der Waals surface area contributed by atoms with Crippen LogP contribution in [0.1, 0.15) is 24.8 Å². The van der Waals surface area contributed by atoms with Gasteiger partial charge in [-0.15, -0.1) is 0 Å². The summed E-state index contributed by atoms with van der Waals surface area (Å²) in [6.07, 6.45) is 5.71. The molecular formula is C23H24N2O4S. The minimum atomic E-state index is -3.49. The average Bonchev–Trinajstić information content (AvgIpc) is 2.71. The SMILES string of the molecule is COc1ccccc1Oc1cccc(N(Cc2cccnc2)S(=O)(=O)C2CCC2)c1. The van der Waals surface area contributed by atoms with E-state index in [4.69, 9.17) is 9.47 Å². The Labute approximate surface area is 177 Å². The van der Waals surface area contributed by atoms with Crippen LogP contribution in [0.2, 0.25) is 0 Å². The van der Waals surface area contributed by atoms with Crippen LogP contribution in [0, 0.1) is 0 Å². The third kappa shape index (κ3) is 4.26. The van der Waals surface area contributed by atoms with Gasteiger partial charge in [0.25, 0.3) is 0 Å². The van der Waals surface area contributed by atoms with Gasteiger partial charge in [0.05, 0.1) is 24.6 Å². The summed E-state index contributed by atoms with van der Waals surface area (Å²) < 4.78 is 39.5. The van der Waals surface area contributed by atoms with E-state index in [1.165, 1.54) is 4.31 Å². The highest BCUT2D eigenvalue weighted by molar-refractivity contribution is 7.93. The van der Waals surface area contributed by atoms with Crippen molar-refractivity contribution in [3.05, 3.63) is 78.6 Å². The number of pyridine rings is 1. The van der Waals surface area contributed by atoms with Crippen molar-refractivity contribution in [3.8, 4) is 17.2 Å². The van der Waals surface area contributed by atoms with Crippen molar-refractivity contribution >= 4 is 15.7 Å². The second kappa shape index (κ2) is 8.75. The van der Waals surface area contributed by atoms with E-state index >= 15 is 0 Å². The molecule has 2 aromatic carbocycles. The zero-order valence-electron chi connectivity index (χ0n) is 16.8. The molecule has 3 aromatic rings. The molecule has 0 N–H and O–H groups in total. The van der Waals surface area contributed by atoms with E-state index in [2.05, 4.69) is 4.98 Å². The second-order valence-corrected chi connectivity index (χ2v) is 9.35. The number of benzene rings is 2. The summed E-state index contributed by atoms with van der Waals surface area (Å²) in [4.78, 5) is 4.12. The third-order valence-electron chi connectivity index (χ3n) is 5.23. The van der Waals surface area contributed by atoms with E-state index < -0.39 is 10.0 Å². The Hall–Kier alpha value is -3.06. The zero-order valence-corrected chi connectivity index (χ0v) is 17.6. The summed E-state index contributed by atoms with van der Waals surface area (Å²) in [7, 11) is -1.91. The molecule has 1 saturated carbocycles. The fourth-order valence-electron chi connectivity index (χ4n) is 3.37. The summed E-state index contributed by atoms with van der Waals surface area (Å²) in [6, 6.07) is 18.2. The van der Waals surface area contributed by atoms with Crippen LogP contribution in [0.25, 0.3) is 0 Å². The molecule has 0 bridgehead atoms. The highest BCUT2D eigenvalue weighted by atomic mass is 32.2. The number of hydrogen-bond acceptors (Lipinski definition) is 5. The van der Waals surface area contributed by atoms with Crippen LogP contribution >= 0.6 is 0 Å². The van der Waals surface area contributed by atoms with Gasteiger partial charge in [0.2, 0.25) is 10.0 Å². The fourth-order valence-corrected chi connectivity index (χ4v) is 5.39. The largest absolute Gasteiger partial charge is 0.493 e. The Balaban J connectivity index is 1.67. The third-order valence-corrected chi connectivity index (χ3v) is 7.50. The Kier molecular flexibility index (Phi) is 5.90. The molecule has 1 aliphatic rings. The molecule has 7 heteroatoms. The van der Waals surface area contributed by atoms with Crippen LogP contribution in [-0.4, -0.2) is 25.8 Å². The normalized spacial score (nSPS) is 14.0. The Bertz CT molecular complexity index is 1100. The number of para-hydroxylation sites is 2. The minimum absolute atomic E-state index is 0.227. The number of methoxy groups -OCH3 is 1. The van der Waals surface area contributed by atoms with E-state index in [9.17, 15) is 8.42 Å². The molecule has 0 atom stereocenters. The monoisotopic (exact) mass is 424 g/mol. The van der Waals surface area contributed by atoms with Gasteiger partial charge < -0.3 is 9.47 Å². The van der Waals surface area contributed by atoms with Gasteiger partial charge >= 0.3 is 0 Å². The van der Waals surface area contributed by atoms with Gasteiger partial charge in [-0.25, -0.2) is 8.42 Å². The van der Waals surface area contributed by atoms with Gasteiger partial charge in [0.1, 0.15) is 5.75 Å². The van der Waals surface area contributed by atoms with Crippen LogP contribution in [0.4, 0.5) is 5.69 Å². The molecule has 1 aromatic heterocycles. The quantitative estimate of drug-likeness (QED) is 0.521.